The van der Waals surface area contributed by atoms with Crippen molar-refractivity contribution in [1.29, 1.82) is 0 Å². The molecule has 1 heterocycles. The molecule has 5 heteroatoms. The number of carboxylic acids is 1. The Kier molecular flexibility index (Phi) is 3.97. The highest BCUT2D eigenvalue weighted by Crippen LogP contribution is 2.15. The molecule has 1 aromatic heterocycles. The zero-order chi connectivity index (χ0) is 13.7. The second kappa shape index (κ2) is 5.86. The number of ether oxygens (including phenoxy) is 1. The third-order valence-electron chi connectivity index (χ3n) is 2.61. The average molecular weight is 258 g/mol. The van der Waals surface area contributed by atoms with E-state index in [1.54, 1.807) is 37.6 Å². The van der Waals surface area contributed by atoms with Gasteiger partial charge in [0.05, 0.1) is 12.7 Å². The first-order chi connectivity index (χ1) is 9.19. The minimum absolute atomic E-state index is 0.284. The Bertz CT molecular complexity index is 584. The molecule has 5 nitrogen and oxygen atoms in total. The first-order valence-corrected chi connectivity index (χ1v) is 5.75. The second-order valence-electron chi connectivity index (χ2n) is 3.95. The van der Waals surface area contributed by atoms with Crippen LogP contribution in [0.5, 0.6) is 5.88 Å². The summed E-state index contributed by atoms with van der Waals surface area (Å²) in [7, 11) is 1.56. The molecule has 0 saturated heterocycles. The van der Waals surface area contributed by atoms with Crippen molar-refractivity contribution < 1.29 is 14.6 Å². The van der Waals surface area contributed by atoms with Gasteiger partial charge in [0.1, 0.15) is 0 Å². The van der Waals surface area contributed by atoms with Crippen LogP contribution in [0.1, 0.15) is 15.9 Å². The third-order valence-corrected chi connectivity index (χ3v) is 2.61. The largest absolute Gasteiger partial charge is 0.481 e. The zero-order valence-corrected chi connectivity index (χ0v) is 10.5. The van der Waals surface area contributed by atoms with Gasteiger partial charge in [0.2, 0.25) is 5.88 Å². The van der Waals surface area contributed by atoms with Crippen LogP contribution in [0.25, 0.3) is 0 Å². The standard InChI is InChI=1S/C14H14N2O3/c1-19-13-8-12(5-6-15-13)16-9-10-3-2-4-11(7-10)14(17)18/h2-8H,9H2,1H3,(H,15,16)(H,17,18). The average Bonchev–Trinajstić information content (AvgIpc) is 2.45. The van der Waals surface area contributed by atoms with Crippen molar-refractivity contribution >= 4 is 11.7 Å². The van der Waals surface area contributed by atoms with Crippen LogP contribution in [0.4, 0.5) is 5.69 Å². The molecule has 0 spiro atoms. The van der Waals surface area contributed by atoms with Crippen molar-refractivity contribution in [1.82, 2.24) is 4.98 Å². The minimum Gasteiger partial charge on any atom is -0.481 e. The van der Waals surface area contributed by atoms with Gasteiger partial charge in [-0.05, 0) is 23.8 Å². The van der Waals surface area contributed by atoms with Gasteiger partial charge in [-0.15, -0.1) is 0 Å². The molecular formula is C14H14N2O3. The first-order valence-electron chi connectivity index (χ1n) is 5.75. The number of nitrogens with zero attached hydrogens (tertiary/aromatic N) is 1. The van der Waals surface area contributed by atoms with E-state index in [2.05, 4.69) is 10.3 Å². The lowest BCUT2D eigenvalue weighted by Crippen LogP contribution is -2.02. The maximum absolute atomic E-state index is 10.9. The number of anilines is 1. The molecule has 0 saturated carbocycles. The Labute approximate surface area is 110 Å². The van der Waals surface area contributed by atoms with Gasteiger partial charge in [-0.2, -0.15) is 0 Å². The minimum atomic E-state index is -0.924. The van der Waals surface area contributed by atoms with E-state index in [9.17, 15) is 4.79 Å². The number of pyridine rings is 1. The smallest absolute Gasteiger partial charge is 0.335 e. The fourth-order valence-corrected chi connectivity index (χ4v) is 1.65. The summed E-state index contributed by atoms with van der Waals surface area (Å²) in [6.07, 6.45) is 1.65. The molecule has 98 valence electrons. The molecule has 0 fully saturated rings. The van der Waals surface area contributed by atoms with Crippen molar-refractivity contribution in [2.45, 2.75) is 6.54 Å². The van der Waals surface area contributed by atoms with Gasteiger partial charge < -0.3 is 15.2 Å². The monoisotopic (exact) mass is 258 g/mol. The van der Waals surface area contributed by atoms with E-state index in [-0.39, 0.29) is 5.56 Å². The normalized spacial score (nSPS) is 9.95. The first kappa shape index (κ1) is 12.9. The molecule has 2 N–H and O–H groups in total. The fraction of sp³-hybridized carbons (Fsp3) is 0.143. The van der Waals surface area contributed by atoms with Gasteiger partial charge in [-0.1, -0.05) is 12.1 Å². The number of hydrogen-bond acceptors (Lipinski definition) is 4. The second-order valence-corrected chi connectivity index (χ2v) is 3.95. The predicted molar refractivity (Wildman–Crippen MR) is 71.5 cm³/mol. The highest BCUT2D eigenvalue weighted by Gasteiger charge is 2.03. The summed E-state index contributed by atoms with van der Waals surface area (Å²) in [5.41, 5.74) is 2.05. The van der Waals surface area contributed by atoms with Crippen LogP contribution in [0.15, 0.2) is 42.6 Å². The van der Waals surface area contributed by atoms with Crippen LogP contribution in [0.3, 0.4) is 0 Å². The molecule has 0 radical (unpaired) electrons. The summed E-state index contributed by atoms with van der Waals surface area (Å²) < 4.78 is 5.03. The van der Waals surface area contributed by atoms with E-state index in [4.69, 9.17) is 9.84 Å². The lowest BCUT2D eigenvalue weighted by Gasteiger charge is -2.08. The van der Waals surface area contributed by atoms with Gasteiger partial charge in [0.15, 0.2) is 0 Å². The Morgan fingerprint density at radius 1 is 1.37 bits per heavy atom. The van der Waals surface area contributed by atoms with Gasteiger partial charge in [-0.25, -0.2) is 9.78 Å². The molecule has 19 heavy (non-hydrogen) atoms. The highest BCUT2D eigenvalue weighted by atomic mass is 16.5. The van der Waals surface area contributed by atoms with Gasteiger partial charge >= 0.3 is 5.97 Å². The topological polar surface area (TPSA) is 71.5 Å². The fourth-order valence-electron chi connectivity index (χ4n) is 1.65. The Hall–Kier alpha value is -2.56. The van der Waals surface area contributed by atoms with Gasteiger partial charge in [0.25, 0.3) is 0 Å². The molecule has 0 bridgehead atoms. The molecule has 0 aliphatic carbocycles. The third kappa shape index (κ3) is 3.45. The SMILES string of the molecule is COc1cc(NCc2cccc(C(=O)O)c2)ccn1. The Morgan fingerprint density at radius 3 is 2.95 bits per heavy atom. The Balaban J connectivity index is 2.05. The highest BCUT2D eigenvalue weighted by molar-refractivity contribution is 5.87. The van der Waals surface area contributed by atoms with E-state index >= 15 is 0 Å². The summed E-state index contributed by atoms with van der Waals surface area (Å²) in [6.45, 7) is 0.536. The number of rotatable bonds is 5. The summed E-state index contributed by atoms with van der Waals surface area (Å²) in [6, 6.07) is 10.4. The van der Waals surface area contributed by atoms with E-state index in [0.717, 1.165) is 11.3 Å². The van der Waals surface area contributed by atoms with E-state index in [1.165, 1.54) is 0 Å². The zero-order valence-electron chi connectivity index (χ0n) is 10.5. The molecular weight excluding hydrogens is 244 g/mol. The summed E-state index contributed by atoms with van der Waals surface area (Å²) in [5.74, 6) is -0.392. The number of nitrogens with one attached hydrogen (secondary N) is 1. The van der Waals surface area contributed by atoms with Crippen LogP contribution in [0, 0.1) is 0 Å². The van der Waals surface area contributed by atoms with Crippen molar-refractivity contribution in [3.8, 4) is 5.88 Å². The van der Waals surface area contributed by atoms with Crippen LogP contribution >= 0.6 is 0 Å². The molecule has 0 atom stereocenters. The van der Waals surface area contributed by atoms with Crippen LogP contribution in [-0.2, 0) is 6.54 Å². The number of benzene rings is 1. The molecule has 0 aliphatic rings. The van der Waals surface area contributed by atoms with Crippen molar-refractivity contribution in [2.24, 2.45) is 0 Å². The number of hydrogen-bond donors (Lipinski definition) is 2. The molecule has 0 unspecified atom stereocenters. The molecule has 0 amide bonds. The van der Waals surface area contributed by atoms with E-state index in [1.807, 2.05) is 12.1 Å². The molecule has 2 aromatic rings. The number of carboxylic acid groups (broad SMARTS) is 1. The lowest BCUT2D eigenvalue weighted by molar-refractivity contribution is 0.0697. The number of aromatic nitrogens is 1. The van der Waals surface area contributed by atoms with Crippen LogP contribution < -0.4 is 10.1 Å². The van der Waals surface area contributed by atoms with E-state index < -0.39 is 5.97 Å². The maximum Gasteiger partial charge on any atom is 0.335 e. The Morgan fingerprint density at radius 2 is 2.21 bits per heavy atom. The number of carbonyl (C=O) groups is 1. The summed E-state index contributed by atoms with van der Waals surface area (Å²) in [4.78, 5) is 14.9. The molecule has 0 aliphatic heterocycles. The van der Waals surface area contributed by atoms with Gasteiger partial charge in [-0.3, -0.25) is 0 Å². The molecule has 1 aromatic carbocycles. The van der Waals surface area contributed by atoms with Crippen molar-refractivity contribution in [2.75, 3.05) is 12.4 Å². The quantitative estimate of drug-likeness (QED) is 0.861. The molecule has 2 rings (SSSR count). The number of aromatic carboxylic acids is 1. The van der Waals surface area contributed by atoms with Crippen LogP contribution in [0.2, 0.25) is 0 Å². The number of methoxy groups -OCH3 is 1. The van der Waals surface area contributed by atoms with Crippen LogP contribution in [-0.4, -0.2) is 23.2 Å². The van der Waals surface area contributed by atoms with Crippen molar-refractivity contribution in [3.63, 3.8) is 0 Å². The van der Waals surface area contributed by atoms with Gasteiger partial charge in [0, 0.05) is 24.5 Å². The lowest BCUT2D eigenvalue weighted by atomic mass is 10.1. The maximum atomic E-state index is 10.9. The van der Waals surface area contributed by atoms with E-state index in [0.29, 0.717) is 12.4 Å². The summed E-state index contributed by atoms with van der Waals surface area (Å²) in [5, 5.41) is 12.1. The predicted octanol–water partition coefficient (Wildman–Crippen LogP) is 2.40. The summed E-state index contributed by atoms with van der Waals surface area (Å²) >= 11 is 0. The van der Waals surface area contributed by atoms with Crippen molar-refractivity contribution in [3.05, 3.63) is 53.7 Å².